The molecule has 0 radical (unpaired) electrons. The van der Waals surface area contributed by atoms with Gasteiger partial charge in [0.25, 0.3) is 0 Å². The van der Waals surface area contributed by atoms with Gasteiger partial charge in [0.05, 0.1) is 23.3 Å². The van der Waals surface area contributed by atoms with Gasteiger partial charge in [-0.05, 0) is 64.7 Å². The Kier molecular flexibility index (Phi) is 6.01. The molecule has 2 unspecified atom stereocenters. The van der Waals surface area contributed by atoms with E-state index in [4.69, 9.17) is 4.74 Å². The van der Waals surface area contributed by atoms with Crippen molar-refractivity contribution in [3.63, 3.8) is 0 Å². The van der Waals surface area contributed by atoms with Crippen molar-refractivity contribution < 1.29 is 22.5 Å². The fraction of sp³-hybridized carbons (Fsp3) is 0.632. The van der Waals surface area contributed by atoms with E-state index < -0.39 is 33.9 Å². The summed E-state index contributed by atoms with van der Waals surface area (Å²) in [7, 11) is 0. The minimum atomic E-state index is -4.49. The number of hydrogen-bond acceptors (Lipinski definition) is 4. The zero-order chi connectivity index (χ0) is 20.7. The van der Waals surface area contributed by atoms with Crippen LogP contribution in [-0.2, 0) is 22.3 Å². The summed E-state index contributed by atoms with van der Waals surface area (Å²) in [5, 5.41) is 4.94. The molecule has 0 saturated carbocycles. The van der Waals surface area contributed by atoms with Crippen LogP contribution >= 0.6 is 0 Å². The van der Waals surface area contributed by atoms with Crippen molar-refractivity contribution in [1.29, 1.82) is 0 Å². The van der Waals surface area contributed by atoms with E-state index in [0.29, 0.717) is 29.5 Å². The molecule has 2 aromatic rings. The number of alkyl halides is 3. The molecule has 0 aliphatic carbocycles. The van der Waals surface area contributed by atoms with Crippen LogP contribution in [0.4, 0.5) is 13.2 Å². The van der Waals surface area contributed by atoms with Gasteiger partial charge in [-0.2, -0.15) is 18.3 Å². The predicted octanol–water partition coefficient (Wildman–Crippen LogP) is 4.87. The summed E-state index contributed by atoms with van der Waals surface area (Å²) in [5.41, 5.74) is 0.0548. The fourth-order valence-corrected chi connectivity index (χ4v) is 4.04. The Bertz CT molecular complexity index is 826. The molecule has 1 N–H and O–H groups in total. The molecule has 1 aliphatic rings. The van der Waals surface area contributed by atoms with Crippen LogP contribution in [0.25, 0.3) is 10.9 Å². The van der Waals surface area contributed by atoms with Crippen molar-refractivity contribution >= 4 is 22.3 Å². The molecule has 3 rings (SSSR count). The number of rotatable bonds is 4. The first kappa shape index (κ1) is 21.4. The van der Waals surface area contributed by atoms with Gasteiger partial charge in [0.15, 0.2) is 6.23 Å². The Hall–Kier alpha value is -1.29. The van der Waals surface area contributed by atoms with Gasteiger partial charge in [0.1, 0.15) is 4.75 Å². The molecule has 28 heavy (non-hydrogen) atoms. The molecule has 156 valence electrons. The Morgan fingerprint density at radius 2 is 2.00 bits per heavy atom. The summed E-state index contributed by atoms with van der Waals surface area (Å²) in [4.78, 5) is 0. The zero-order valence-corrected chi connectivity index (χ0v) is 17.3. The molecule has 0 amide bonds. The second-order valence-electron chi connectivity index (χ2n) is 8.13. The van der Waals surface area contributed by atoms with Crippen LogP contribution in [0, 0.1) is 0 Å². The second kappa shape index (κ2) is 7.85. The maximum absolute atomic E-state index is 13.5. The Labute approximate surface area is 165 Å². The molecule has 2 heterocycles. The van der Waals surface area contributed by atoms with Crippen LogP contribution in [0.2, 0.25) is 0 Å². The molecule has 1 aromatic carbocycles. The third-order valence-corrected chi connectivity index (χ3v) is 6.49. The Balaban J connectivity index is 2.06. The number of aromatic nitrogens is 2. The SMILES string of the molecule is C[C@@H](N[S+]([O-])C(C)(C)C)c1cc(C(F)(F)F)cc2c1cnn2C1CCCCO1. The van der Waals surface area contributed by atoms with Gasteiger partial charge in [-0.3, -0.25) is 0 Å². The number of fused-ring (bicyclic) bond motifs is 1. The molecule has 0 bridgehead atoms. The average molecular weight is 417 g/mol. The van der Waals surface area contributed by atoms with Gasteiger partial charge >= 0.3 is 6.18 Å². The van der Waals surface area contributed by atoms with Gasteiger partial charge in [0.2, 0.25) is 0 Å². The van der Waals surface area contributed by atoms with Gasteiger partial charge in [0, 0.05) is 23.4 Å². The van der Waals surface area contributed by atoms with Crippen molar-refractivity contribution in [3.05, 3.63) is 29.5 Å². The summed E-state index contributed by atoms with van der Waals surface area (Å²) < 4.78 is 62.8. The molecule has 3 atom stereocenters. The second-order valence-corrected chi connectivity index (χ2v) is 10.1. The first-order valence-corrected chi connectivity index (χ1v) is 10.5. The van der Waals surface area contributed by atoms with E-state index in [0.717, 1.165) is 25.0 Å². The summed E-state index contributed by atoms with van der Waals surface area (Å²) in [6.07, 6.45) is -0.691. The maximum Gasteiger partial charge on any atom is 0.416 e. The van der Waals surface area contributed by atoms with Gasteiger partial charge in [-0.25, -0.2) is 4.68 Å². The standard InChI is InChI=1S/C19H26F3N3O2S/c1-12(24-28(26)18(2,3)4)14-9-13(19(20,21)22)10-16-15(14)11-23-25(16)17-7-5-6-8-27-17/h9-12,17,24H,5-8H2,1-4H3/t12-,17?,28?/m1/s1. The molecule has 1 aromatic heterocycles. The molecule has 0 spiro atoms. The lowest BCUT2D eigenvalue weighted by atomic mass is 10.0. The van der Waals surface area contributed by atoms with Crippen LogP contribution in [0.1, 0.15) is 70.4 Å². The van der Waals surface area contributed by atoms with Crippen LogP contribution < -0.4 is 4.72 Å². The minimum absolute atomic E-state index is 0.366. The summed E-state index contributed by atoms with van der Waals surface area (Å²) >= 11 is -1.42. The van der Waals surface area contributed by atoms with Crippen molar-refractivity contribution in [3.8, 4) is 0 Å². The zero-order valence-electron chi connectivity index (χ0n) is 16.5. The highest BCUT2D eigenvalue weighted by atomic mass is 32.2. The highest BCUT2D eigenvalue weighted by Gasteiger charge is 2.34. The Morgan fingerprint density at radius 1 is 1.29 bits per heavy atom. The number of nitrogens with zero attached hydrogens (tertiary/aromatic N) is 2. The number of halogens is 3. The molecular formula is C19H26F3N3O2S. The van der Waals surface area contributed by atoms with Crippen LogP contribution in [0.15, 0.2) is 18.3 Å². The monoisotopic (exact) mass is 417 g/mol. The summed E-state index contributed by atoms with van der Waals surface area (Å²) in [6.45, 7) is 7.71. The molecule has 1 aliphatic heterocycles. The smallest absolute Gasteiger partial charge is 0.416 e. The summed E-state index contributed by atoms with van der Waals surface area (Å²) in [6, 6.07) is 1.69. The van der Waals surface area contributed by atoms with Crippen molar-refractivity contribution in [2.24, 2.45) is 0 Å². The summed E-state index contributed by atoms with van der Waals surface area (Å²) in [5.74, 6) is 0. The third-order valence-electron chi connectivity index (χ3n) is 4.81. The molecule has 9 heteroatoms. The van der Waals surface area contributed by atoms with Crippen LogP contribution in [0.5, 0.6) is 0 Å². The third kappa shape index (κ3) is 4.48. The van der Waals surface area contributed by atoms with E-state index in [1.807, 2.05) is 20.8 Å². The van der Waals surface area contributed by atoms with E-state index in [1.54, 1.807) is 17.8 Å². The highest BCUT2D eigenvalue weighted by Crippen LogP contribution is 2.37. The van der Waals surface area contributed by atoms with E-state index >= 15 is 0 Å². The number of hydrogen-bond donors (Lipinski definition) is 1. The van der Waals surface area contributed by atoms with Crippen molar-refractivity contribution in [2.75, 3.05) is 6.61 Å². The van der Waals surface area contributed by atoms with E-state index in [2.05, 4.69) is 9.82 Å². The quantitative estimate of drug-likeness (QED) is 0.721. The lowest BCUT2D eigenvalue weighted by Crippen LogP contribution is -2.40. The molecule has 1 fully saturated rings. The predicted molar refractivity (Wildman–Crippen MR) is 103 cm³/mol. The topological polar surface area (TPSA) is 62.1 Å². The van der Waals surface area contributed by atoms with E-state index in [9.17, 15) is 17.7 Å². The minimum Gasteiger partial charge on any atom is -0.598 e. The number of nitrogens with one attached hydrogen (secondary N) is 1. The largest absolute Gasteiger partial charge is 0.598 e. The first-order valence-electron chi connectivity index (χ1n) is 9.36. The van der Waals surface area contributed by atoms with Gasteiger partial charge < -0.3 is 9.29 Å². The molecular weight excluding hydrogens is 391 g/mol. The van der Waals surface area contributed by atoms with Gasteiger partial charge in [-0.15, -0.1) is 4.72 Å². The van der Waals surface area contributed by atoms with Crippen LogP contribution in [-0.4, -0.2) is 25.7 Å². The highest BCUT2D eigenvalue weighted by molar-refractivity contribution is 7.90. The average Bonchev–Trinajstić information content (AvgIpc) is 3.04. The fourth-order valence-electron chi connectivity index (χ4n) is 3.24. The van der Waals surface area contributed by atoms with E-state index in [1.165, 1.54) is 0 Å². The Morgan fingerprint density at radius 3 is 2.57 bits per heavy atom. The lowest BCUT2D eigenvalue weighted by Gasteiger charge is -2.27. The lowest BCUT2D eigenvalue weighted by molar-refractivity contribution is -0.137. The van der Waals surface area contributed by atoms with E-state index in [-0.39, 0.29) is 6.23 Å². The number of ether oxygens (including phenoxy) is 1. The number of benzene rings is 1. The normalized spacial score (nSPS) is 21.1. The van der Waals surface area contributed by atoms with Crippen molar-refractivity contribution in [1.82, 2.24) is 14.5 Å². The van der Waals surface area contributed by atoms with Gasteiger partial charge in [-0.1, -0.05) is 0 Å². The maximum atomic E-state index is 13.5. The van der Waals surface area contributed by atoms with Crippen molar-refractivity contribution in [2.45, 2.75) is 70.2 Å². The van der Waals surface area contributed by atoms with Crippen LogP contribution in [0.3, 0.4) is 0 Å². The molecule has 1 saturated heterocycles. The first-order chi connectivity index (χ1) is 13.0. The molecule has 5 nitrogen and oxygen atoms in total.